The van der Waals surface area contributed by atoms with E-state index in [1.165, 1.54) is 6.07 Å². The first-order valence-corrected chi connectivity index (χ1v) is 7.81. The lowest BCUT2D eigenvalue weighted by Crippen LogP contribution is -1.96. The smallest absolute Gasteiger partial charge is 0.335 e. The highest BCUT2D eigenvalue weighted by Crippen LogP contribution is 2.30. The molecular formula is C20H15ClO3. The molecule has 0 aromatic heterocycles. The highest BCUT2D eigenvalue weighted by molar-refractivity contribution is 6.33. The van der Waals surface area contributed by atoms with Crippen molar-refractivity contribution in [3.8, 4) is 16.9 Å². The van der Waals surface area contributed by atoms with Crippen molar-refractivity contribution in [1.29, 1.82) is 0 Å². The second-order valence-electron chi connectivity index (χ2n) is 5.30. The molecule has 3 rings (SSSR count). The SMILES string of the molecule is O=C(O)c1ccc(-c2ccc(OCc3ccccc3)cc2)c(Cl)c1. The van der Waals surface area contributed by atoms with E-state index in [0.717, 1.165) is 22.4 Å². The van der Waals surface area contributed by atoms with Crippen LogP contribution in [-0.2, 0) is 6.61 Å². The Morgan fingerprint density at radius 1 is 0.958 bits per heavy atom. The minimum Gasteiger partial charge on any atom is -0.489 e. The van der Waals surface area contributed by atoms with E-state index in [9.17, 15) is 4.79 Å². The predicted octanol–water partition coefficient (Wildman–Crippen LogP) is 5.28. The van der Waals surface area contributed by atoms with Gasteiger partial charge < -0.3 is 9.84 Å². The van der Waals surface area contributed by atoms with Crippen LogP contribution < -0.4 is 4.74 Å². The Balaban J connectivity index is 1.73. The second-order valence-corrected chi connectivity index (χ2v) is 5.71. The van der Waals surface area contributed by atoms with Crippen LogP contribution in [0.2, 0.25) is 5.02 Å². The molecule has 0 aliphatic rings. The summed E-state index contributed by atoms with van der Waals surface area (Å²) in [7, 11) is 0. The number of halogens is 1. The summed E-state index contributed by atoms with van der Waals surface area (Å²) < 4.78 is 5.75. The van der Waals surface area contributed by atoms with E-state index in [-0.39, 0.29) is 5.56 Å². The van der Waals surface area contributed by atoms with Crippen molar-refractivity contribution in [3.63, 3.8) is 0 Å². The molecule has 0 heterocycles. The predicted molar refractivity (Wildman–Crippen MR) is 94.6 cm³/mol. The molecule has 0 atom stereocenters. The largest absolute Gasteiger partial charge is 0.489 e. The average Bonchev–Trinajstić information content (AvgIpc) is 2.61. The maximum Gasteiger partial charge on any atom is 0.335 e. The molecule has 3 nitrogen and oxygen atoms in total. The standard InChI is InChI=1S/C20H15ClO3/c21-19-12-16(20(22)23)8-11-18(19)15-6-9-17(10-7-15)24-13-14-4-2-1-3-5-14/h1-12H,13H2,(H,22,23). The van der Waals surface area contributed by atoms with Gasteiger partial charge in [-0.2, -0.15) is 0 Å². The van der Waals surface area contributed by atoms with Crippen LogP contribution in [0.1, 0.15) is 15.9 Å². The summed E-state index contributed by atoms with van der Waals surface area (Å²) in [6.07, 6.45) is 0. The molecule has 1 N–H and O–H groups in total. The molecule has 4 heteroatoms. The van der Waals surface area contributed by atoms with Crippen molar-refractivity contribution in [2.45, 2.75) is 6.61 Å². The number of carboxylic acids is 1. The summed E-state index contributed by atoms with van der Waals surface area (Å²) in [5, 5.41) is 9.40. The van der Waals surface area contributed by atoms with Crippen LogP contribution in [0.15, 0.2) is 72.8 Å². The van der Waals surface area contributed by atoms with Gasteiger partial charge in [0.05, 0.1) is 5.56 Å². The Morgan fingerprint density at radius 2 is 1.67 bits per heavy atom. The minimum atomic E-state index is -0.992. The summed E-state index contributed by atoms with van der Waals surface area (Å²) in [5.74, 6) is -0.228. The molecule has 0 spiro atoms. The Morgan fingerprint density at radius 3 is 2.29 bits per heavy atom. The van der Waals surface area contributed by atoms with Gasteiger partial charge >= 0.3 is 5.97 Å². The summed E-state index contributed by atoms with van der Waals surface area (Å²) in [4.78, 5) is 11.0. The number of benzene rings is 3. The van der Waals surface area contributed by atoms with E-state index < -0.39 is 5.97 Å². The average molecular weight is 339 g/mol. The number of hydrogen-bond donors (Lipinski definition) is 1. The van der Waals surface area contributed by atoms with E-state index in [1.807, 2.05) is 54.6 Å². The van der Waals surface area contributed by atoms with Gasteiger partial charge in [0, 0.05) is 10.6 Å². The molecular weight excluding hydrogens is 324 g/mol. The highest BCUT2D eigenvalue weighted by Gasteiger charge is 2.08. The lowest BCUT2D eigenvalue weighted by Gasteiger charge is -2.09. The van der Waals surface area contributed by atoms with Gasteiger partial charge in [0.25, 0.3) is 0 Å². The third-order valence-electron chi connectivity index (χ3n) is 3.63. The van der Waals surface area contributed by atoms with Crippen molar-refractivity contribution in [1.82, 2.24) is 0 Å². The van der Waals surface area contributed by atoms with Crippen molar-refractivity contribution in [2.75, 3.05) is 0 Å². The lowest BCUT2D eigenvalue weighted by molar-refractivity contribution is 0.0697. The fraction of sp³-hybridized carbons (Fsp3) is 0.0500. The van der Waals surface area contributed by atoms with Gasteiger partial charge in [-0.25, -0.2) is 4.79 Å². The quantitative estimate of drug-likeness (QED) is 0.688. The van der Waals surface area contributed by atoms with Gasteiger partial charge in [-0.1, -0.05) is 60.1 Å². The second kappa shape index (κ2) is 7.20. The molecule has 120 valence electrons. The fourth-order valence-corrected chi connectivity index (χ4v) is 2.64. The lowest BCUT2D eigenvalue weighted by atomic mass is 10.0. The monoisotopic (exact) mass is 338 g/mol. The summed E-state index contributed by atoms with van der Waals surface area (Å²) in [5.41, 5.74) is 2.97. The molecule has 0 unspecified atom stereocenters. The van der Waals surface area contributed by atoms with Gasteiger partial charge in [-0.3, -0.25) is 0 Å². The summed E-state index contributed by atoms with van der Waals surface area (Å²) >= 11 is 6.19. The van der Waals surface area contributed by atoms with Crippen molar-refractivity contribution in [3.05, 3.63) is 88.9 Å². The third kappa shape index (κ3) is 3.76. The number of carbonyl (C=O) groups is 1. The van der Waals surface area contributed by atoms with Gasteiger partial charge in [0.2, 0.25) is 0 Å². The van der Waals surface area contributed by atoms with Crippen LogP contribution in [-0.4, -0.2) is 11.1 Å². The van der Waals surface area contributed by atoms with Gasteiger partial charge in [-0.15, -0.1) is 0 Å². The van der Waals surface area contributed by atoms with Crippen molar-refractivity contribution < 1.29 is 14.6 Å². The molecule has 0 aliphatic carbocycles. The normalized spacial score (nSPS) is 10.4. The van der Waals surface area contributed by atoms with E-state index in [1.54, 1.807) is 12.1 Å². The van der Waals surface area contributed by atoms with E-state index in [4.69, 9.17) is 21.4 Å². The number of hydrogen-bond acceptors (Lipinski definition) is 2. The van der Waals surface area contributed by atoms with Crippen LogP contribution >= 0.6 is 11.6 Å². The molecule has 0 aliphatic heterocycles. The molecule has 0 saturated heterocycles. The number of carboxylic acid groups (broad SMARTS) is 1. The third-order valence-corrected chi connectivity index (χ3v) is 3.94. The first-order valence-electron chi connectivity index (χ1n) is 7.43. The van der Waals surface area contributed by atoms with Crippen molar-refractivity contribution >= 4 is 17.6 Å². The van der Waals surface area contributed by atoms with E-state index in [2.05, 4.69) is 0 Å². The molecule has 0 radical (unpaired) electrons. The molecule has 0 saturated carbocycles. The zero-order chi connectivity index (χ0) is 16.9. The highest BCUT2D eigenvalue weighted by atomic mass is 35.5. The van der Waals surface area contributed by atoms with E-state index in [0.29, 0.717) is 11.6 Å². The number of rotatable bonds is 5. The maximum absolute atomic E-state index is 11.0. The molecule has 3 aromatic rings. The Hall–Kier alpha value is -2.78. The van der Waals surface area contributed by atoms with Gasteiger partial charge in [0.15, 0.2) is 0 Å². The fourth-order valence-electron chi connectivity index (χ4n) is 2.35. The topological polar surface area (TPSA) is 46.5 Å². The molecule has 3 aromatic carbocycles. The summed E-state index contributed by atoms with van der Waals surface area (Å²) in [6, 6.07) is 22.2. The summed E-state index contributed by atoms with van der Waals surface area (Å²) in [6.45, 7) is 0.508. The van der Waals surface area contributed by atoms with Crippen LogP contribution in [0.25, 0.3) is 11.1 Å². The minimum absolute atomic E-state index is 0.173. The Kier molecular flexibility index (Phi) is 4.82. The maximum atomic E-state index is 11.0. The zero-order valence-corrected chi connectivity index (χ0v) is 13.5. The van der Waals surface area contributed by atoms with Crippen LogP contribution in [0, 0.1) is 0 Å². The Bertz CT molecular complexity index is 843. The Labute approximate surface area is 145 Å². The van der Waals surface area contributed by atoms with Crippen LogP contribution in [0.3, 0.4) is 0 Å². The van der Waals surface area contributed by atoms with Crippen molar-refractivity contribution in [2.24, 2.45) is 0 Å². The number of ether oxygens (including phenoxy) is 1. The molecule has 0 amide bonds. The van der Waals surface area contributed by atoms with Gasteiger partial charge in [0.1, 0.15) is 12.4 Å². The molecule has 0 fully saturated rings. The first-order chi connectivity index (χ1) is 11.6. The van der Waals surface area contributed by atoms with E-state index >= 15 is 0 Å². The number of aromatic carboxylic acids is 1. The van der Waals surface area contributed by atoms with Crippen LogP contribution in [0.4, 0.5) is 0 Å². The van der Waals surface area contributed by atoms with Gasteiger partial charge in [-0.05, 0) is 35.4 Å². The molecule has 24 heavy (non-hydrogen) atoms. The zero-order valence-electron chi connectivity index (χ0n) is 12.8. The van der Waals surface area contributed by atoms with Crippen LogP contribution in [0.5, 0.6) is 5.75 Å². The molecule has 0 bridgehead atoms. The first kappa shape index (κ1) is 16.1.